The number of benzene rings is 3. The van der Waals surface area contributed by atoms with Crippen LogP contribution in [0.3, 0.4) is 0 Å². The zero-order valence-corrected chi connectivity index (χ0v) is 20.2. The Hall–Kier alpha value is -3.19. The summed E-state index contributed by atoms with van der Waals surface area (Å²) in [4.78, 5) is 14.9. The van der Waals surface area contributed by atoms with Crippen molar-refractivity contribution >= 4 is 5.91 Å². The average molecular weight is 475 g/mol. The van der Waals surface area contributed by atoms with Gasteiger partial charge in [-0.25, -0.2) is 0 Å². The molecule has 1 heterocycles. The molecule has 0 fully saturated rings. The van der Waals surface area contributed by atoms with Crippen molar-refractivity contribution in [3.8, 4) is 5.75 Å². The molecule has 1 aliphatic rings. The second-order valence-corrected chi connectivity index (χ2v) is 9.41. The van der Waals surface area contributed by atoms with Gasteiger partial charge in [0, 0.05) is 31.2 Å². The molecular weight excluding hydrogens is 440 g/mol. The van der Waals surface area contributed by atoms with Crippen LogP contribution in [0.5, 0.6) is 5.75 Å². The normalized spacial score (nSPS) is 14.9. The third-order valence-corrected chi connectivity index (χ3v) is 6.69. The summed E-state index contributed by atoms with van der Waals surface area (Å²) in [6.45, 7) is 3.58. The number of rotatable bonds is 9. The van der Waals surface area contributed by atoms with Crippen molar-refractivity contribution in [1.82, 2.24) is 10.2 Å². The van der Waals surface area contributed by atoms with Gasteiger partial charge in [0.15, 0.2) is 0 Å². The van der Waals surface area contributed by atoms with E-state index < -0.39 is 6.10 Å². The van der Waals surface area contributed by atoms with Gasteiger partial charge in [-0.05, 0) is 59.7 Å². The predicted octanol–water partition coefficient (Wildman–Crippen LogP) is 3.27. The lowest BCUT2D eigenvalue weighted by molar-refractivity contribution is -0.131. The highest BCUT2D eigenvalue weighted by atomic mass is 16.3. The van der Waals surface area contributed by atoms with Crippen molar-refractivity contribution in [3.05, 3.63) is 100 Å². The number of fused-ring (bicyclic) bond motifs is 1. The molecule has 2 atom stereocenters. The monoisotopic (exact) mass is 474 g/mol. The zero-order valence-electron chi connectivity index (χ0n) is 20.2. The fourth-order valence-electron chi connectivity index (χ4n) is 4.66. The van der Waals surface area contributed by atoms with Crippen LogP contribution >= 0.6 is 0 Å². The van der Waals surface area contributed by atoms with Crippen molar-refractivity contribution in [2.75, 3.05) is 13.1 Å². The summed E-state index contributed by atoms with van der Waals surface area (Å²) in [5.41, 5.74) is 5.77. The maximum atomic E-state index is 12.9. The standard InChI is InChI=1S/C29H34N2O4/c1-20(30-17-28(34)24-9-10-27(33)26(16-24)19-32)13-21-5-4-6-22(14-21)15-29(35)31-12-11-23-7-2-3-8-25(23)18-31/h2-10,14,16,20,28,30,32-34H,11-13,15,17-19H2,1H3/t20-,28-/m1/s1. The van der Waals surface area contributed by atoms with Crippen LogP contribution in [0.15, 0.2) is 66.7 Å². The number of carbonyl (C=O) groups excluding carboxylic acids is 1. The first kappa shape index (κ1) is 24.9. The largest absolute Gasteiger partial charge is 0.508 e. The Labute approximate surface area is 206 Å². The summed E-state index contributed by atoms with van der Waals surface area (Å²) >= 11 is 0. The van der Waals surface area contributed by atoms with E-state index in [1.807, 2.05) is 23.1 Å². The molecule has 184 valence electrons. The average Bonchev–Trinajstić information content (AvgIpc) is 2.87. The molecule has 3 aromatic carbocycles. The van der Waals surface area contributed by atoms with Crippen LogP contribution in [0.4, 0.5) is 0 Å². The molecule has 6 nitrogen and oxygen atoms in total. The molecule has 1 amide bonds. The minimum Gasteiger partial charge on any atom is -0.508 e. The molecule has 4 N–H and O–H groups in total. The fourth-order valence-corrected chi connectivity index (χ4v) is 4.66. The van der Waals surface area contributed by atoms with Crippen LogP contribution in [-0.2, 0) is 37.2 Å². The van der Waals surface area contributed by atoms with E-state index >= 15 is 0 Å². The number of nitrogens with zero attached hydrogens (tertiary/aromatic N) is 1. The van der Waals surface area contributed by atoms with E-state index in [1.165, 1.54) is 17.2 Å². The Morgan fingerprint density at radius 2 is 1.80 bits per heavy atom. The van der Waals surface area contributed by atoms with E-state index in [0.717, 1.165) is 30.5 Å². The fraction of sp³-hybridized carbons (Fsp3) is 0.345. The van der Waals surface area contributed by atoms with Gasteiger partial charge < -0.3 is 25.5 Å². The molecule has 0 spiro atoms. The Balaban J connectivity index is 1.29. The van der Waals surface area contributed by atoms with E-state index in [4.69, 9.17) is 0 Å². The Kier molecular flexibility index (Phi) is 8.18. The van der Waals surface area contributed by atoms with Gasteiger partial charge in [0.1, 0.15) is 5.75 Å². The van der Waals surface area contributed by atoms with Gasteiger partial charge >= 0.3 is 0 Å². The van der Waals surface area contributed by atoms with Crippen molar-refractivity contribution in [2.24, 2.45) is 0 Å². The van der Waals surface area contributed by atoms with Gasteiger partial charge in [-0.15, -0.1) is 0 Å². The summed E-state index contributed by atoms with van der Waals surface area (Å²) in [6, 6.07) is 21.4. The number of aliphatic hydroxyl groups excluding tert-OH is 2. The number of aliphatic hydroxyl groups is 2. The molecule has 3 aromatic rings. The minimum atomic E-state index is -0.748. The van der Waals surface area contributed by atoms with Crippen molar-refractivity contribution < 1.29 is 20.1 Å². The van der Waals surface area contributed by atoms with E-state index in [9.17, 15) is 20.1 Å². The maximum absolute atomic E-state index is 12.9. The summed E-state index contributed by atoms with van der Waals surface area (Å²) < 4.78 is 0. The summed E-state index contributed by atoms with van der Waals surface area (Å²) in [5, 5.41) is 32.9. The summed E-state index contributed by atoms with van der Waals surface area (Å²) in [7, 11) is 0. The number of carbonyl (C=O) groups is 1. The molecule has 4 rings (SSSR count). The molecule has 0 bridgehead atoms. The first-order chi connectivity index (χ1) is 16.9. The molecule has 0 aromatic heterocycles. The number of phenols is 1. The van der Waals surface area contributed by atoms with Gasteiger partial charge in [0.2, 0.25) is 5.91 Å². The quantitative estimate of drug-likeness (QED) is 0.382. The third-order valence-electron chi connectivity index (χ3n) is 6.69. The van der Waals surface area contributed by atoms with Gasteiger partial charge in [0.05, 0.1) is 19.1 Å². The topological polar surface area (TPSA) is 93.0 Å². The van der Waals surface area contributed by atoms with Gasteiger partial charge in [-0.3, -0.25) is 4.79 Å². The van der Waals surface area contributed by atoms with Crippen LogP contribution in [0.25, 0.3) is 0 Å². The molecule has 0 saturated carbocycles. The van der Waals surface area contributed by atoms with Crippen LogP contribution in [0.2, 0.25) is 0 Å². The lowest BCUT2D eigenvalue weighted by Crippen LogP contribution is -2.36. The molecule has 0 radical (unpaired) electrons. The highest BCUT2D eigenvalue weighted by Gasteiger charge is 2.20. The SMILES string of the molecule is C[C@H](Cc1cccc(CC(=O)N2CCc3ccccc3C2)c1)NC[C@@H](O)c1ccc(O)c(CO)c1. The lowest BCUT2D eigenvalue weighted by atomic mass is 9.98. The Bertz CT molecular complexity index is 1160. The van der Waals surface area contributed by atoms with Gasteiger partial charge in [-0.1, -0.05) is 54.6 Å². The summed E-state index contributed by atoms with van der Waals surface area (Å²) in [5.74, 6) is 0.176. The first-order valence-electron chi connectivity index (χ1n) is 12.2. The van der Waals surface area contributed by atoms with Crippen molar-refractivity contribution in [2.45, 2.75) is 51.5 Å². The number of nitrogens with one attached hydrogen (secondary N) is 1. The molecular formula is C29H34N2O4. The van der Waals surface area contributed by atoms with Crippen molar-refractivity contribution in [3.63, 3.8) is 0 Å². The van der Waals surface area contributed by atoms with Crippen LogP contribution in [-0.4, -0.2) is 45.3 Å². The lowest BCUT2D eigenvalue weighted by Gasteiger charge is -2.29. The first-order valence-corrected chi connectivity index (χ1v) is 12.2. The minimum absolute atomic E-state index is 0.0215. The molecule has 0 unspecified atom stereocenters. The third kappa shape index (κ3) is 6.48. The van der Waals surface area contributed by atoms with E-state index in [1.54, 1.807) is 12.1 Å². The highest BCUT2D eigenvalue weighted by Crippen LogP contribution is 2.23. The van der Waals surface area contributed by atoms with Gasteiger partial charge in [-0.2, -0.15) is 0 Å². The van der Waals surface area contributed by atoms with Crippen molar-refractivity contribution in [1.29, 1.82) is 0 Å². The van der Waals surface area contributed by atoms with Gasteiger partial charge in [0.25, 0.3) is 0 Å². The molecule has 6 heteroatoms. The second-order valence-electron chi connectivity index (χ2n) is 9.41. The van der Waals surface area contributed by atoms with E-state index in [2.05, 4.69) is 42.6 Å². The molecule has 1 aliphatic heterocycles. The second kappa shape index (κ2) is 11.5. The van der Waals surface area contributed by atoms with E-state index in [0.29, 0.717) is 30.6 Å². The van der Waals surface area contributed by atoms with E-state index in [-0.39, 0.29) is 24.3 Å². The Morgan fingerprint density at radius 1 is 1.03 bits per heavy atom. The smallest absolute Gasteiger partial charge is 0.227 e. The number of hydrogen-bond acceptors (Lipinski definition) is 5. The summed E-state index contributed by atoms with van der Waals surface area (Å²) in [6.07, 6.45) is 1.32. The predicted molar refractivity (Wildman–Crippen MR) is 136 cm³/mol. The van der Waals surface area contributed by atoms with Crippen LogP contribution in [0, 0.1) is 0 Å². The van der Waals surface area contributed by atoms with Crippen LogP contribution < -0.4 is 5.32 Å². The number of aromatic hydroxyl groups is 1. The number of amides is 1. The Morgan fingerprint density at radius 3 is 2.60 bits per heavy atom. The molecule has 35 heavy (non-hydrogen) atoms. The maximum Gasteiger partial charge on any atom is 0.227 e. The zero-order chi connectivity index (χ0) is 24.8. The number of hydrogen-bond donors (Lipinski definition) is 4. The molecule has 0 aliphatic carbocycles. The van der Waals surface area contributed by atoms with Crippen LogP contribution in [0.1, 0.15) is 46.4 Å². The molecule has 0 saturated heterocycles. The highest BCUT2D eigenvalue weighted by molar-refractivity contribution is 5.79.